The maximum atomic E-state index is 12.7. The Morgan fingerprint density at radius 3 is 2.43 bits per heavy atom. The van der Waals surface area contributed by atoms with E-state index >= 15 is 0 Å². The van der Waals surface area contributed by atoms with Crippen molar-refractivity contribution in [3.63, 3.8) is 0 Å². The largest absolute Gasteiger partial charge is 0.480 e. The number of hydrogen-bond donors (Lipinski definition) is 1. The maximum Gasteiger partial charge on any atom is 0.266 e. The molecule has 0 fully saturated rings. The lowest BCUT2D eigenvalue weighted by Crippen LogP contribution is -2.17. The fourth-order valence-corrected chi connectivity index (χ4v) is 3.31. The average molecular weight is 392 g/mol. The normalized spacial score (nSPS) is 15.3. The lowest BCUT2D eigenvalue weighted by atomic mass is 9.94. The highest BCUT2D eigenvalue weighted by molar-refractivity contribution is 6.07. The molecule has 0 bridgehead atoms. The number of amides is 1. The van der Waals surface area contributed by atoms with Crippen LogP contribution in [0.2, 0.25) is 0 Å². The van der Waals surface area contributed by atoms with Crippen molar-refractivity contribution in [2.24, 2.45) is 0 Å². The van der Waals surface area contributed by atoms with Crippen LogP contribution in [0.4, 0.5) is 5.69 Å². The fraction of sp³-hybridized carbons (Fsp3) is 0.0769. The van der Waals surface area contributed by atoms with Crippen LogP contribution in [-0.2, 0) is 4.79 Å². The Bertz CT molecular complexity index is 1170. The second kappa shape index (κ2) is 8.50. The predicted octanol–water partition coefficient (Wildman–Crippen LogP) is 5.60. The van der Waals surface area contributed by atoms with Crippen LogP contribution in [0.15, 0.2) is 96.1 Å². The topological polar surface area (TPSA) is 62.1 Å². The summed E-state index contributed by atoms with van der Waals surface area (Å²) in [5, 5.41) is 12.4. The third kappa shape index (κ3) is 4.16. The molecule has 0 radical (unpaired) electrons. The number of rotatable bonds is 4. The first-order valence-electron chi connectivity index (χ1n) is 9.66. The van der Waals surface area contributed by atoms with Gasteiger partial charge in [0.1, 0.15) is 23.5 Å². The molecular weight excluding hydrogens is 372 g/mol. The Labute approximate surface area is 175 Å². The third-order valence-electron chi connectivity index (χ3n) is 4.88. The van der Waals surface area contributed by atoms with Crippen LogP contribution < -0.4 is 10.1 Å². The van der Waals surface area contributed by atoms with E-state index in [9.17, 15) is 10.1 Å². The van der Waals surface area contributed by atoms with E-state index in [1.807, 2.05) is 97.9 Å². The van der Waals surface area contributed by atoms with Crippen LogP contribution in [0.1, 0.15) is 22.8 Å². The molecule has 30 heavy (non-hydrogen) atoms. The first-order chi connectivity index (χ1) is 14.6. The van der Waals surface area contributed by atoms with E-state index < -0.39 is 12.0 Å². The molecule has 3 aromatic carbocycles. The number of para-hydroxylation sites is 1. The minimum Gasteiger partial charge on any atom is -0.480 e. The maximum absolute atomic E-state index is 12.7. The Kier molecular flexibility index (Phi) is 5.45. The van der Waals surface area contributed by atoms with Gasteiger partial charge < -0.3 is 10.1 Å². The number of nitrogens with one attached hydrogen (secondary N) is 1. The first-order valence-corrected chi connectivity index (χ1v) is 9.66. The van der Waals surface area contributed by atoms with E-state index in [2.05, 4.69) is 5.32 Å². The molecule has 1 amide bonds. The number of anilines is 1. The summed E-state index contributed by atoms with van der Waals surface area (Å²) in [6.07, 6.45) is 3.17. The molecule has 0 aliphatic carbocycles. The number of hydrogen-bond acceptors (Lipinski definition) is 3. The van der Waals surface area contributed by atoms with Crippen LogP contribution in [0, 0.1) is 18.3 Å². The first kappa shape index (κ1) is 19.2. The quantitative estimate of drug-likeness (QED) is 0.464. The van der Waals surface area contributed by atoms with Gasteiger partial charge in [-0.2, -0.15) is 5.26 Å². The number of fused-ring (bicyclic) bond motifs is 1. The van der Waals surface area contributed by atoms with Gasteiger partial charge in [0.2, 0.25) is 0 Å². The predicted molar refractivity (Wildman–Crippen MR) is 118 cm³/mol. The molecule has 4 heteroatoms. The Morgan fingerprint density at radius 1 is 1.00 bits per heavy atom. The van der Waals surface area contributed by atoms with Crippen molar-refractivity contribution in [3.8, 4) is 11.8 Å². The van der Waals surface area contributed by atoms with Crippen molar-refractivity contribution in [1.82, 2.24) is 0 Å². The molecule has 1 aliphatic rings. The second-order valence-corrected chi connectivity index (χ2v) is 7.08. The molecule has 0 unspecified atom stereocenters. The van der Waals surface area contributed by atoms with Gasteiger partial charge in [0.25, 0.3) is 5.91 Å². The number of carbonyl (C=O) groups is 1. The van der Waals surface area contributed by atoms with E-state index in [-0.39, 0.29) is 5.57 Å². The summed E-state index contributed by atoms with van der Waals surface area (Å²) >= 11 is 0. The molecule has 0 aromatic heterocycles. The third-order valence-corrected chi connectivity index (χ3v) is 4.88. The average Bonchev–Trinajstić information content (AvgIpc) is 2.79. The minimum atomic E-state index is -0.451. The van der Waals surface area contributed by atoms with Gasteiger partial charge in [0, 0.05) is 11.3 Å². The zero-order valence-electron chi connectivity index (χ0n) is 16.5. The molecule has 1 atom stereocenters. The van der Waals surface area contributed by atoms with Crippen molar-refractivity contribution >= 4 is 17.7 Å². The number of ether oxygens (including phenoxy) is 1. The van der Waals surface area contributed by atoms with Gasteiger partial charge in [-0.05, 0) is 48.4 Å². The Hall–Kier alpha value is -4.10. The number of aryl methyl sites for hydroxylation is 1. The van der Waals surface area contributed by atoms with Crippen molar-refractivity contribution in [3.05, 3.63) is 113 Å². The molecule has 1 N–H and O–H groups in total. The summed E-state index contributed by atoms with van der Waals surface area (Å²) in [4.78, 5) is 12.7. The number of nitrogens with zero attached hydrogens (tertiary/aromatic N) is 1. The van der Waals surface area contributed by atoms with Crippen LogP contribution in [0.3, 0.4) is 0 Å². The Balaban J connectivity index is 1.69. The highest BCUT2D eigenvalue weighted by Crippen LogP contribution is 2.38. The molecule has 0 spiro atoms. The van der Waals surface area contributed by atoms with Crippen molar-refractivity contribution in [2.75, 3.05) is 5.32 Å². The summed E-state index contributed by atoms with van der Waals surface area (Å²) in [5.74, 6) is 0.319. The molecule has 1 heterocycles. The summed E-state index contributed by atoms with van der Waals surface area (Å²) < 4.78 is 6.23. The molecule has 146 valence electrons. The van der Waals surface area contributed by atoms with Gasteiger partial charge in [-0.1, -0.05) is 66.2 Å². The fourth-order valence-electron chi connectivity index (χ4n) is 3.31. The lowest BCUT2D eigenvalue weighted by molar-refractivity contribution is -0.112. The van der Waals surface area contributed by atoms with E-state index in [0.29, 0.717) is 5.69 Å². The summed E-state index contributed by atoms with van der Waals surface area (Å²) in [5.41, 5.74) is 4.36. The number of nitriles is 1. The zero-order valence-corrected chi connectivity index (χ0v) is 16.5. The van der Waals surface area contributed by atoms with E-state index in [0.717, 1.165) is 28.0 Å². The minimum absolute atomic E-state index is 0.0192. The molecule has 3 aromatic rings. The summed E-state index contributed by atoms with van der Waals surface area (Å²) in [6, 6.07) is 26.9. The standard InChI is InChI=1S/C26H20N2O2/c1-18-11-13-23(14-12-18)28-26(29)22(17-27)16-21-15-20-9-5-6-10-24(20)30-25(21)19-7-3-2-4-8-19/h2-16,25H,1H3,(H,28,29)/b22-16+/t25-/m1/s1. The van der Waals surface area contributed by atoms with Gasteiger partial charge in [0.15, 0.2) is 0 Å². The summed E-state index contributed by atoms with van der Waals surface area (Å²) in [6.45, 7) is 1.98. The van der Waals surface area contributed by atoms with E-state index in [4.69, 9.17) is 4.74 Å². The van der Waals surface area contributed by atoms with Gasteiger partial charge in [-0.15, -0.1) is 0 Å². The van der Waals surface area contributed by atoms with Gasteiger partial charge in [0.05, 0.1) is 0 Å². The smallest absolute Gasteiger partial charge is 0.266 e. The van der Waals surface area contributed by atoms with Gasteiger partial charge in [-0.3, -0.25) is 4.79 Å². The zero-order chi connectivity index (χ0) is 20.9. The summed E-state index contributed by atoms with van der Waals surface area (Å²) in [7, 11) is 0. The van der Waals surface area contributed by atoms with Crippen LogP contribution in [-0.4, -0.2) is 5.91 Å². The number of benzene rings is 3. The molecule has 1 aliphatic heterocycles. The van der Waals surface area contributed by atoms with Crippen LogP contribution in [0.25, 0.3) is 6.08 Å². The van der Waals surface area contributed by atoms with Crippen LogP contribution >= 0.6 is 0 Å². The SMILES string of the molecule is Cc1ccc(NC(=O)/C(C#N)=C/C2=Cc3ccccc3O[C@@H]2c2ccccc2)cc1. The lowest BCUT2D eigenvalue weighted by Gasteiger charge is -2.26. The van der Waals surface area contributed by atoms with E-state index in [1.165, 1.54) is 0 Å². The highest BCUT2D eigenvalue weighted by Gasteiger charge is 2.24. The van der Waals surface area contributed by atoms with Crippen molar-refractivity contribution < 1.29 is 9.53 Å². The van der Waals surface area contributed by atoms with Crippen molar-refractivity contribution in [2.45, 2.75) is 13.0 Å². The highest BCUT2D eigenvalue weighted by atomic mass is 16.5. The Morgan fingerprint density at radius 2 is 1.70 bits per heavy atom. The van der Waals surface area contributed by atoms with E-state index in [1.54, 1.807) is 6.08 Å². The number of carbonyl (C=O) groups excluding carboxylic acids is 1. The molecule has 4 rings (SSSR count). The van der Waals surface area contributed by atoms with Gasteiger partial charge in [-0.25, -0.2) is 0 Å². The monoisotopic (exact) mass is 392 g/mol. The molecular formula is C26H20N2O2. The van der Waals surface area contributed by atoms with Gasteiger partial charge >= 0.3 is 0 Å². The molecule has 4 nitrogen and oxygen atoms in total. The second-order valence-electron chi connectivity index (χ2n) is 7.08. The molecule has 0 saturated heterocycles. The van der Waals surface area contributed by atoms with Crippen molar-refractivity contribution in [1.29, 1.82) is 5.26 Å². The van der Waals surface area contributed by atoms with Crippen LogP contribution in [0.5, 0.6) is 5.75 Å². The molecule has 0 saturated carbocycles.